The summed E-state index contributed by atoms with van der Waals surface area (Å²) >= 11 is 6.51. The summed E-state index contributed by atoms with van der Waals surface area (Å²) < 4.78 is 78.5. The number of halogens is 2. The van der Waals surface area contributed by atoms with E-state index >= 15 is 0 Å². The molecule has 0 saturated carbocycles. The number of phenolic OH excluding ortho intramolecular Hbond substituents is 4. The molecular formula is C51H64Br2O20P4. The summed E-state index contributed by atoms with van der Waals surface area (Å²) in [4.78, 5) is 56.4. The van der Waals surface area contributed by atoms with Crippen LogP contribution in [0.1, 0.15) is 59.6 Å². The highest BCUT2D eigenvalue weighted by Crippen LogP contribution is 2.48. The maximum absolute atomic E-state index is 12.4. The number of benzene rings is 6. The number of hydrogen-bond donors (Lipinski definition) is 8. The fraction of sp³-hybridized carbons (Fsp3) is 0.255. The van der Waals surface area contributed by atoms with Gasteiger partial charge in [0.05, 0.1) is 47.6 Å². The Balaban J connectivity index is 0.000000469. The topological polar surface area (TPSA) is 320 Å². The number of hydrogen-bond acceptors (Lipinski definition) is 16. The first-order chi connectivity index (χ1) is 36.0. The monoisotopic (exact) mass is 1280 g/mol. The van der Waals surface area contributed by atoms with Crippen molar-refractivity contribution in [1.29, 1.82) is 0 Å². The van der Waals surface area contributed by atoms with Crippen molar-refractivity contribution < 1.29 is 95.4 Å². The van der Waals surface area contributed by atoms with Gasteiger partial charge in [0.15, 0.2) is 0 Å². The first-order valence-electron chi connectivity index (χ1n) is 23.0. The van der Waals surface area contributed by atoms with Crippen LogP contribution < -0.4 is 30.7 Å². The lowest BCUT2D eigenvalue weighted by atomic mass is 10.1. The molecule has 0 aliphatic rings. The van der Waals surface area contributed by atoms with Gasteiger partial charge >= 0.3 is 42.3 Å². The molecule has 6 rings (SSSR count). The van der Waals surface area contributed by atoms with E-state index in [1.54, 1.807) is 107 Å². The molecule has 422 valence electrons. The van der Waals surface area contributed by atoms with Crippen molar-refractivity contribution in [2.45, 2.75) is 61.8 Å². The maximum atomic E-state index is 12.4. The van der Waals surface area contributed by atoms with Crippen molar-refractivity contribution in [2.75, 3.05) is 26.4 Å². The second kappa shape index (κ2) is 34.8. The lowest BCUT2D eigenvalue weighted by molar-refractivity contribution is -0.132. The lowest BCUT2D eigenvalue weighted by Gasteiger charge is -2.17. The van der Waals surface area contributed by atoms with Gasteiger partial charge in [0.2, 0.25) is 0 Å². The first-order valence-corrected chi connectivity index (χ1v) is 30.9. The minimum absolute atomic E-state index is 0.0119. The minimum Gasteiger partial charge on any atom is -0.508 e. The maximum Gasteiger partial charge on any atom is 0.361 e. The second-order valence-electron chi connectivity index (χ2n) is 15.0. The quantitative estimate of drug-likeness (QED) is 0.0269. The zero-order chi connectivity index (χ0) is 58.6. The molecule has 0 aliphatic heterocycles. The molecule has 20 nitrogen and oxygen atoms in total. The molecule has 0 unspecified atom stereocenters. The van der Waals surface area contributed by atoms with Crippen molar-refractivity contribution >= 4 is 95.4 Å². The third kappa shape index (κ3) is 27.4. The summed E-state index contributed by atoms with van der Waals surface area (Å²) in [6.07, 6.45) is 0.542. The molecule has 0 spiro atoms. The molecule has 0 aliphatic carbocycles. The number of aryl methyl sites for hydroxylation is 2. The Labute approximate surface area is 464 Å². The summed E-state index contributed by atoms with van der Waals surface area (Å²) in [5.41, 5.74) is 1.05. The molecule has 0 bridgehead atoms. The van der Waals surface area contributed by atoms with E-state index in [9.17, 15) is 33.0 Å². The summed E-state index contributed by atoms with van der Waals surface area (Å²) in [5, 5.41) is 36.9. The van der Waals surface area contributed by atoms with Crippen LogP contribution in [0.25, 0.3) is 0 Å². The van der Waals surface area contributed by atoms with E-state index in [2.05, 4.69) is 31.9 Å². The molecule has 0 radical (unpaired) electrons. The second-order valence-corrected chi connectivity index (χ2v) is 24.1. The van der Waals surface area contributed by atoms with Crippen molar-refractivity contribution in [3.63, 3.8) is 0 Å². The fourth-order valence-electron chi connectivity index (χ4n) is 5.58. The first kappa shape index (κ1) is 70.0. The summed E-state index contributed by atoms with van der Waals surface area (Å²) in [6.45, 7) is 14.4. The van der Waals surface area contributed by atoms with Crippen LogP contribution in [0, 0.1) is 6.92 Å². The van der Waals surface area contributed by atoms with Crippen molar-refractivity contribution in [3.05, 3.63) is 154 Å². The number of ether oxygens (including phenoxy) is 2. The molecule has 6 aromatic carbocycles. The van der Waals surface area contributed by atoms with Gasteiger partial charge in [-0.3, -0.25) is 27.8 Å². The molecule has 0 aromatic heterocycles. The Hall–Kier alpha value is -4.98. The van der Waals surface area contributed by atoms with E-state index in [4.69, 9.17) is 62.5 Å². The number of carbonyl (C=O) groups is 2. The highest BCUT2D eigenvalue weighted by molar-refractivity contribution is 9.10. The van der Waals surface area contributed by atoms with Crippen LogP contribution in [-0.4, -0.2) is 78.4 Å². The third-order valence-electron chi connectivity index (χ3n) is 8.95. The number of phenols is 4. The van der Waals surface area contributed by atoms with E-state index in [0.29, 0.717) is 71.8 Å². The Bertz CT molecular complexity index is 2870. The predicted molar refractivity (Wildman–Crippen MR) is 302 cm³/mol. The van der Waals surface area contributed by atoms with Crippen LogP contribution >= 0.6 is 62.2 Å². The van der Waals surface area contributed by atoms with E-state index in [1.165, 1.54) is 62.4 Å². The normalized spacial score (nSPS) is 10.9. The number of carbonyl (C=O) groups excluding carboxylic acids is 2. The van der Waals surface area contributed by atoms with Gasteiger partial charge in [0, 0.05) is 22.8 Å². The molecule has 0 fully saturated rings. The Morgan fingerprint density at radius 1 is 0.442 bits per heavy atom. The molecule has 6 aromatic rings. The zero-order valence-electron chi connectivity index (χ0n) is 43.3. The van der Waals surface area contributed by atoms with E-state index in [0.717, 1.165) is 8.95 Å². The molecular weight excluding hydrogens is 1220 g/mol. The van der Waals surface area contributed by atoms with E-state index in [1.807, 2.05) is 19.1 Å². The zero-order valence-corrected chi connectivity index (χ0v) is 50.0. The molecule has 0 amide bonds. The van der Waals surface area contributed by atoms with Crippen LogP contribution in [0.3, 0.4) is 0 Å². The smallest absolute Gasteiger partial charge is 0.361 e. The van der Waals surface area contributed by atoms with Crippen LogP contribution in [0.5, 0.6) is 34.5 Å². The van der Waals surface area contributed by atoms with Gasteiger partial charge in [-0.25, -0.2) is 0 Å². The standard InChI is InChI=1S/C12H17O5P.C10H15O4P.C9H13O4P.C8H7BrO2.C6H5BrO.C6H7O4P/c1-4-15-18(14,16-5-2)12-8-6-11(7-9-12)17-10(3)13;1-3-13-15(12,14-4-2)10-7-5-9(11)6-8-10;1-3-7-5-8(14(11,12)13)4-6(2)9(7)10;1-6(10)11-8-4-2-7(9)3-5-8;7-5-1-3-6(8)4-2-5;7-5-1-3-6(4-2-5)11(8,9)10/h6-9H,4-5H2,1-3H3;5-8,11H,3-4H2,1-2H3;4-5,10H,3H2,1-2H3,(H2,11,12,13);2-5H,1H3;1-4,8H;1-4,7H,(H2,8,9,10). The van der Waals surface area contributed by atoms with Crippen LogP contribution in [0.15, 0.2) is 142 Å². The van der Waals surface area contributed by atoms with Crippen LogP contribution in [-0.2, 0) is 52.4 Å². The lowest BCUT2D eigenvalue weighted by Crippen LogP contribution is -2.11. The van der Waals surface area contributed by atoms with Crippen LogP contribution in [0.4, 0.5) is 0 Å². The highest BCUT2D eigenvalue weighted by atomic mass is 79.9. The Kier molecular flexibility index (Phi) is 31.7. The minimum atomic E-state index is -4.22. The number of esters is 2. The number of aromatic hydroxyl groups is 4. The average Bonchev–Trinajstić information content (AvgIpc) is 3.35. The number of rotatable bonds is 15. The molecule has 0 saturated heterocycles. The van der Waals surface area contributed by atoms with Gasteiger partial charge in [-0.1, -0.05) is 38.8 Å². The van der Waals surface area contributed by atoms with Gasteiger partial charge in [0.1, 0.15) is 34.5 Å². The molecule has 77 heavy (non-hydrogen) atoms. The van der Waals surface area contributed by atoms with Gasteiger partial charge in [-0.05, 0) is 186 Å². The molecule has 0 atom stereocenters. The molecule has 26 heteroatoms. The van der Waals surface area contributed by atoms with Crippen molar-refractivity contribution in [1.82, 2.24) is 0 Å². The third-order valence-corrected chi connectivity index (χ3v) is 16.2. The largest absolute Gasteiger partial charge is 0.508 e. The summed E-state index contributed by atoms with van der Waals surface area (Å²) in [7, 11) is -14.8. The van der Waals surface area contributed by atoms with E-state index < -0.39 is 36.4 Å². The Morgan fingerprint density at radius 2 is 0.727 bits per heavy atom. The van der Waals surface area contributed by atoms with Gasteiger partial charge < -0.3 is 67.6 Å². The van der Waals surface area contributed by atoms with Gasteiger partial charge in [0.25, 0.3) is 0 Å². The average molecular weight is 1280 g/mol. The molecule has 0 heterocycles. The molecule has 8 N–H and O–H groups in total. The fourth-order valence-corrected chi connectivity index (χ4v) is 10.5. The predicted octanol–water partition coefficient (Wildman–Crippen LogP) is 10.6. The highest BCUT2D eigenvalue weighted by Gasteiger charge is 2.27. The van der Waals surface area contributed by atoms with Gasteiger partial charge in [-0.2, -0.15) is 0 Å². The summed E-state index contributed by atoms with van der Waals surface area (Å²) in [6, 6.07) is 33.7. The van der Waals surface area contributed by atoms with E-state index in [-0.39, 0.29) is 33.8 Å². The SMILES string of the molecule is CC(=O)Oc1ccc(Br)cc1.CCOP(=O)(OCC)c1ccc(O)cc1.CCOP(=O)(OCC)c1ccc(OC(C)=O)cc1.CCc1cc(P(=O)(O)O)cc(C)c1O.O=P(O)(O)c1ccc(O)cc1.Oc1ccc(Br)cc1. The van der Waals surface area contributed by atoms with Gasteiger partial charge in [-0.15, -0.1) is 0 Å². The summed E-state index contributed by atoms with van der Waals surface area (Å²) in [5.74, 6) is 0.790. The van der Waals surface area contributed by atoms with Crippen LogP contribution in [0.2, 0.25) is 0 Å². The van der Waals surface area contributed by atoms with Crippen molar-refractivity contribution in [3.8, 4) is 34.5 Å². The van der Waals surface area contributed by atoms with Crippen molar-refractivity contribution in [2.24, 2.45) is 0 Å². The Morgan fingerprint density at radius 3 is 1.01 bits per heavy atom.